The average molecular weight is 535 g/mol. The number of aryl methyl sites for hydroxylation is 1. The van der Waals surface area contributed by atoms with Gasteiger partial charge in [0.2, 0.25) is 0 Å². The molecule has 39 heavy (non-hydrogen) atoms. The van der Waals surface area contributed by atoms with Crippen LogP contribution in [0.2, 0.25) is 0 Å². The minimum atomic E-state index is -0.870. The molecule has 0 radical (unpaired) electrons. The molecule has 2 aliphatic heterocycles. The minimum absolute atomic E-state index is 0.0231. The molecule has 0 saturated carbocycles. The third kappa shape index (κ3) is 6.20. The van der Waals surface area contributed by atoms with Gasteiger partial charge in [-0.1, -0.05) is 35.9 Å². The summed E-state index contributed by atoms with van der Waals surface area (Å²) in [6.45, 7) is 11.7. The van der Waals surface area contributed by atoms with E-state index in [-0.39, 0.29) is 37.2 Å². The summed E-state index contributed by atoms with van der Waals surface area (Å²) in [4.78, 5) is 45.2. The van der Waals surface area contributed by atoms with Gasteiger partial charge < -0.3 is 15.0 Å². The summed E-state index contributed by atoms with van der Waals surface area (Å²) in [5.74, 6) is -1.06. The third-order valence-corrected chi connectivity index (χ3v) is 7.07. The smallest absolute Gasteiger partial charge is 0.338 e. The Bertz CT molecular complexity index is 1280. The molecule has 2 heterocycles. The van der Waals surface area contributed by atoms with E-state index in [9.17, 15) is 18.8 Å². The van der Waals surface area contributed by atoms with Crippen molar-refractivity contribution >= 4 is 17.9 Å². The van der Waals surface area contributed by atoms with E-state index < -0.39 is 23.9 Å². The molecule has 0 aliphatic carbocycles. The van der Waals surface area contributed by atoms with Crippen molar-refractivity contribution in [3.05, 3.63) is 95.0 Å². The predicted octanol–water partition coefficient (Wildman–Crippen LogP) is 4.05. The molecular formula is C30H35FN4O4. The number of carbonyl (C=O) groups excluding carboxylic acids is 3. The van der Waals surface area contributed by atoms with Crippen molar-refractivity contribution in [2.45, 2.75) is 32.9 Å². The average Bonchev–Trinajstić information content (AvgIpc) is 2.90. The van der Waals surface area contributed by atoms with Gasteiger partial charge >= 0.3 is 12.0 Å². The van der Waals surface area contributed by atoms with Crippen molar-refractivity contribution in [1.29, 1.82) is 0 Å². The predicted molar refractivity (Wildman–Crippen MR) is 146 cm³/mol. The normalized spacial score (nSPS) is 20.1. The Labute approximate surface area is 228 Å². The van der Waals surface area contributed by atoms with Crippen LogP contribution in [0.1, 0.15) is 41.4 Å². The summed E-state index contributed by atoms with van der Waals surface area (Å²) < 4.78 is 19.5. The van der Waals surface area contributed by atoms with E-state index in [0.29, 0.717) is 36.5 Å². The number of amides is 3. The quantitative estimate of drug-likeness (QED) is 0.408. The zero-order valence-corrected chi connectivity index (χ0v) is 22.7. The largest absolute Gasteiger partial charge is 0.463 e. The van der Waals surface area contributed by atoms with Crippen molar-refractivity contribution in [2.24, 2.45) is 0 Å². The van der Waals surface area contributed by atoms with Crippen LogP contribution in [0.15, 0.2) is 72.5 Å². The van der Waals surface area contributed by atoms with Crippen molar-refractivity contribution in [2.75, 3.05) is 39.3 Å². The number of hydrogen-bond donors (Lipinski definition) is 1. The first-order valence-electron chi connectivity index (χ1n) is 13.2. The highest BCUT2D eigenvalue weighted by Crippen LogP contribution is 2.33. The number of hydrogen-bond acceptors (Lipinski definition) is 5. The molecule has 2 aliphatic rings. The zero-order valence-electron chi connectivity index (χ0n) is 22.7. The molecule has 0 aromatic heterocycles. The molecule has 3 amide bonds. The third-order valence-electron chi connectivity index (χ3n) is 7.07. The first kappa shape index (κ1) is 28.0. The first-order chi connectivity index (χ1) is 18.7. The monoisotopic (exact) mass is 534 g/mol. The SMILES string of the molecule is C=CCN1C(=O)NC(c2cccc(F)c2)C(C(=O)OCC)=C1CN1CCN(C(=O)c2ccc(C)cc2)C(C)C1. The number of nitrogens with zero attached hydrogens (tertiary/aromatic N) is 3. The van der Waals surface area contributed by atoms with Crippen molar-refractivity contribution in [3.63, 3.8) is 0 Å². The van der Waals surface area contributed by atoms with Crippen LogP contribution in [0.25, 0.3) is 0 Å². The van der Waals surface area contributed by atoms with Crippen LogP contribution >= 0.6 is 0 Å². The van der Waals surface area contributed by atoms with Gasteiger partial charge in [0.15, 0.2) is 0 Å². The van der Waals surface area contributed by atoms with E-state index in [2.05, 4.69) is 16.8 Å². The second-order valence-electron chi connectivity index (χ2n) is 9.87. The van der Waals surface area contributed by atoms with Crippen LogP contribution in [-0.2, 0) is 9.53 Å². The summed E-state index contributed by atoms with van der Waals surface area (Å²) in [5, 5.41) is 2.85. The lowest BCUT2D eigenvalue weighted by atomic mass is 9.93. The summed E-state index contributed by atoms with van der Waals surface area (Å²) >= 11 is 0. The minimum Gasteiger partial charge on any atom is -0.463 e. The fraction of sp³-hybridized carbons (Fsp3) is 0.367. The number of rotatable bonds is 8. The summed E-state index contributed by atoms with van der Waals surface area (Å²) in [5.41, 5.74) is 2.93. The van der Waals surface area contributed by atoms with E-state index >= 15 is 0 Å². The van der Waals surface area contributed by atoms with Crippen LogP contribution in [0.3, 0.4) is 0 Å². The summed E-state index contributed by atoms with van der Waals surface area (Å²) in [6, 6.07) is 12.0. The fourth-order valence-electron chi connectivity index (χ4n) is 5.13. The molecule has 9 heteroatoms. The van der Waals surface area contributed by atoms with E-state index in [0.717, 1.165) is 5.56 Å². The molecule has 2 atom stereocenters. The van der Waals surface area contributed by atoms with E-state index in [1.807, 2.05) is 43.0 Å². The van der Waals surface area contributed by atoms with Crippen LogP contribution < -0.4 is 5.32 Å². The number of urea groups is 1. The molecular weight excluding hydrogens is 499 g/mol. The zero-order chi connectivity index (χ0) is 28.1. The number of halogens is 1. The highest BCUT2D eigenvalue weighted by molar-refractivity contribution is 5.95. The highest BCUT2D eigenvalue weighted by Gasteiger charge is 2.39. The molecule has 2 aromatic rings. The molecule has 206 valence electrons. The maximum atomic E-state index is 14.1. The Morgan fingerprint density at radius 2 is 1.92 bits per heavy atom. The van der Waals surface area contributed by atoms with Gasteiger partial charge in [0.1, 0.15) is 5.82 Å². The fourth-order valence-corrected chi connectivity index (χ4v) is 5.13. The number of nitrogens with one attached hydrogen (secondary N) is 1. The second-order valence-corrected chi connectivity index (χ2v) is 9.87. The van der Waals surface area contributed by atoms with E-state index in [1.165, 1.54) is 17.0 Å². The molecule has 2 unspecified atom stereocenters. The molecule has 0 spiro atoms. The lowest BCUT2D eigenvalue weighted by molar-refractivity contribution is -0.139. The Hall–Kier alpha value is -3.98. The van der Waals surface area contributed by atoms with Crippen LogP contribution in [0.4, 0.5) is 9.18 Å². The van der Waals surface area contributed by atoms with Crippen molar-refractivity contribution in [1.82, 2.24) is 20.0 Å². The van der Waals surface area contributed by atoms with Gasteiger partial charge in [-0.2, -0.15) is 0 Å². The number of carbonyl (C=O) groups is 3. The van der Waals surface area contributed by atoms with Crippen LogP contribution in [-0.4, -0.2) is 78.0 Å². The molecule has 0 bridgehead atoms. The van der Waals surface area contributed by atoms with Gasteiger partial charge in [-0.25, -0.2) is 14.0 Å². The van der Waals surface area contributed by atoms with Gasteiger partial charge in [0.25, 0.3) is 5.91 Å². The van der Waals surface area contributed by atoms with Gasteiger partial charge in [-0.15, -0.1) is 6.58 Å². The Kier molecular flexibility index (Phi) is 8.81. The topological polar surface area (TPSA) is 82.2 Å². The number of esters is 1. The molecule has 1 saturated heterocycles. The molecule has 2 aromatic carbocycles. The number of benzene rings is 2. The Morgan fingerprint density at radius 3 is 2.56 bits per heavy atom. The van der Waals surface area contributed by atoms with Crippen molar-refractivity contribution < 1.29 is 23.5 Å². The molecule has 8 nitrogen and oxygen atoms in total. The second kappa shape index (κ2) is 12.3. The standard InChI is InChI=1S/C30H35FN4O4/c1-5-14-35-25(19-33-15-16-34(21(4)18-33)28(36)22-12-10-20(3)11-13-22)26(29(37)39-6-2)27(32-30(35)38)23-8-7-9-24(31)17-23/h5,7-13,17,21,27H,1,6,14-16,18-19H2,2-4H3,(H,32,38). The van der Waals surface area contributed by atoms with Gasteiger partial charge in [-0.3, -0.25) is 14.6 Å². The maximum absolute atomic E-state index is 14.1. The number of piperazine rings is 1. The molecule has 4 rings (SSSR count). The molecule has 1 fully saturated rings. The lowest BCUT2D eigenvalue weighted by Gasteiger charge is -2.43. The molecule has 1 N–H and O–H groups in total. The summed E-state index contributed by atoms with van der Waals surface area (Å²) in [7, 11) is 0. The van der Waals surface area contributed by atoms with Gasteiger partial charge in [0, 0.05) is 50.0 Å². The van der Waals surface area contributed by atoms with Crippen LogP contribution in [0.5, 0.6) is 0 Å². The summed E-state index contributed by atoms with van der Waals surface area (Å²) in [6.07, 6.45) is 1.59. The van der Waals surface area contributed by atoms with E-state index in [1.54, 1.807) is 25.1 Å². The van der Waals surface area contributed by atoms with Gasteiger partial charge in [0.05, 0.1) is 18.2 Å². The lowest BCUT2D eigenvalue weighted by Crippen LogP contribution is -2.56. The van der Waals surface area contributed by atoms with Crippen molar-refractivity contribution in [3.8, 4) is 0 Å². The van der Waals surface area contributed by atoms with Crippen LogP contribution in [0, 0.1) is 12.7 Å². The number of ether oxygens (including phenoxy) is 1. The van der Waals surface area contributed by atoms with Gasteiger partial charge in [-0.05, 0) is 50.6 Å². The first-order valence-corrected chi connectivity index (χ1v) is 13.2. The maximum Gasteiger partial charge on any atom is 0.338 e. The Balaban J connectivity index is 1.65. The van der Waals surface area contributed by atoms with E-state index in [4.69, 9.17) is 4.74 Å². The highest BCUT2D eigenvalue weighted by atomic mass is 19.1. The Morgan fingerprint density at radius 1 is 1.18 bits per heavy atom.